The molecule has 0 heterocycles. The minimum Gasteiger partial charge on any atom is -0.488 e. The number of hydrogen-bond acceptors (Lipinski definition) is 2. The van der Waals surface area contributed by atoms with E-state index < -0.39 is 0 Å². The van der Waals surface area contributed by atoms with Gasteiger partial charge in [0, 0.05) is 6.07 Å². The molecule has 2 rings (SSSR count). The van der Waals surface area contributed by atoms with Crippen molar-refractivity contribution in [3.63, 3.8) is 0 Å². The summed E-state index contributed by atoms with van der Waals surface area (Å²) >= 11 is 4.77. The maximum atomic E-state index is 13.2. The van der Waals surface area contributed by atoms with Gasteiger partial charge < -0.3 is 15.8 Å². The molecular weight excluding hydrogens is 251 g/mol. The fourth-order valence-corrected chi connectivity index (χ4v) is 2.31. The molecule has 5 heteroatoms. The standard InChI is InChI=1S/C13H17FN2OS/c14-9-6-7-12(11(8-9)16-13(15)18)17-10-4-2-1-3-5-10/h6-8,10H,1-5H2,(H3,15,16,18). The van der Waals surface area contributed by atoms with Gasteiger partial charge in [-0.15, -0.1) is 0 Å². The van der Waals surface area contributed by atoms with Crippen LogP contribution in [0.25, 0.3) is 0 Å². The lowest BCUT2D eigenvalue weighted by Crippen LogP contribution is -2.23. The fraction of sp³-hybridized carbons (Fsp3) is 0.462. The smallest absolute Gasteiger partial charge is 0.168 e. The van der Waals surface area contributed by atoms with Crippen LogP contribution in [0.5, 0.6) is 5.75 Å². The number of nitrogens with two attached hydrogens (primary N) is 1. The molecule has 18 heavy (non-hydrogen) atoms. The summed E-state index contributed by atoms with van der Waals surface area (Å²) in [5, 5.41) is 2.85. The van der Waals surface area contributed by atoms with Crippen molar-refractivity contribution in [3.8, 4) is 5.75 Å². The van der Waals surface area contributed by atoms with Crippen LogP contribution in [0.1, 0.15) is 32.1 Å². The summed E-state index contributed by atoms with van der Waals surface area (Å²) in [5.74, 6) is 0.265. The van der Waals surface area contributed by atoms with Gasteiger partial charge in [-0.05, 0) is 50.0 Å². The van der Waals surface area contributed by atoms with Crippen LogP contribution in [0.2, 0.25) is 0 Å². The van der Waals surface area contributed by atoms with Crippen LogP contribution in [-0.4, -0.2) is 11.2 Å². The van der Waals surface area contributed by atoms with Gasteiger partial charge >= 0.3 is 0 Å². The number of benzene rings is 1. The van der Waals surface area contributed by atoms with E-state index in [9.17, 15) is 4.39 Å². The molecule has 0 saturated heterocycles. The van der Waals surface area contributed by atoms with Crippen molar-refractivity contribution in [2.75, 3.05) is 5.32 Å². The highest BCUT2D eigenvalue weighted by atomic mass is 32.1. The van der Waals surface area contributed by atoms with E-state index in [4.69, 9.17) is 22.7 Å². The monoisotopic (exact) mass is 268 g/mol. The molecule has 0 spiro atoms. The third kappa shape index (κ3) is 3.57. The quantitative estimate of drug-likeness (QED) is 0.826. The van der Waals surface area contributed by atoms with E-state index in [1.165, 1.54) is 31.4 Å². The molecule has 1 saturated carbocycles. The Kier molecular flexibility index (Phi) is 4.36. The Morgan fingerprint density at radius 3 is 2.72 bits per heavy atom. The third-order valence-electron chi connectivity index (χ3n) is 3.05. The fourth-order valence-electron chi connectivity index (χ4n) is 2.20. The van der Waals surface area contributed by atoms with Gasteiger partial charge in [-0.25, -0.2) is 4.39 Å². The molecule has 1 aromatic rings. The molecular formula is C13H17FN2OS. The van der Waals surface area contributed by atoms with Crippen LogP contribution in [0.4, 0.5) is 10.1 Å². The zero-order valence-electron chi connectivity index (χ0n) is 10.1. The number of nitrogens with one attached hydrogen (secondary N) is 1. The maximum absolute atomic E-state index is 13.2. The van der Waals surface area contributed by atoms with Gasteiger partial charge in [0.1, 0.15) is 11.6 Å². The highest BCUT2D eigenvalue weighted by Gasteiger charge is 2.16. The SMILES string of the molecule is NC(=S)Nc1cc(F)ccc1OC1CCCCC1. The van der Waals surface area contributed by atoms with Gasteiger partial charge in [-0.3, -0.25) is 0 Å². The van der Waals surface area contributed by atoms with E-state index in [2.05, 4.69) is 5.32 Å². The molecule has 0 aromatic heterocycles. The second kappa shape index (κ2) is 6.00. The van der Waals surface area contributed by atoms with Crippen molar-refractivity contribution in [2.24, 2.45) is 5.73 Å². The van der Waals surface area contributed by atoms with Crippen molar-refractivity contribution in [1.29, 1.82) is 0 Å². The van der Waals surface area contributed by atoms with Crippen LogP contribution in [0, 0.1) is 5.82 Å². The number of rotatable bonds is 3. The molecule has 0 atom stereocenters. The van der Waals surface area contributed by atoms with Crippen LogP contribution in [-0.2, 0) is 0 Å². The van der Waals surface area contributed by atoms with Crippen molar-refractivity contribution < 1.29 is 9.13 Å². The Labute approximate surface area is 112 Å². The summed E-state index contributed by atoms with van der Waals surface area (Å²) in [4.78, 5) is 0. The topological polar surface area (TPSA) is 47.3 Å². The molecule has 0 radical (unpaired) electrons. The first-order valence-corrected chi connectivity index (χ1v) is 6.58. The first-order valence-electron chi connectivity index (χ1n) is 6.18. The maximum Gasteiger partial charge on any atom is 0.168 e. The number of ether oxygens (including phenoxy) is 1. The Morgan fingerprint density at radius 1 is 1.33 bits per heavy atom. The number of anilines is 1. The predicted molar refractivity (Wildman–Crippen MR) is 74.3 cm³/mol. The third-order valence-corrected chi connectivity index (χ3v) is 3.15. The first-order chi connectivity index (χ1) is 8.65. The summed E-state index contributed by atoms with van der Waals surface area (Å²) in [6.45, 7) is 0. The molecule has 98 valence electrons. The lowest BCUT2D eigenvalue weighted by atomic mass is 9.98. The van der Waals surface area contributed by atoms with Crippen molar-refractivity contribution >= 4 is 23.0 Å². The largest absolute Gasteiger partial charge is 0.488 e. The molecule has 0 aliphatic heterocycles. The van der Waals surface area contributed by atoms with E-state index in [1.54, 1.807) is 6.07 Å². The van der Waals surface area contributed by atoms with Crippen LogP contribution < -0.4 is 15.8 Å². The first kappa shape index (κ1) is 13.1. The molecule has 1 aliphatic carbocycles. The summed E-state index contributed by atoms with van der Waals surface area (Å²) in [6.07, 6.45) is 5.93. The predicted octanol–water partition coefficient (Wildman–Crippen LogP) is 3.19. The van der Waals surface area contributed by atoms with Crippen molar-refractivity contribution in [2.45, 2.75) is 38.2 Å². The summed E-state index contributed by atoms with van der Waals surface area (Å²) in [5.41, 5.74) is 5.91. The molecule has 1 fully saturated rings. The molecule has 0 amide bonds. The number of hydrogen-bond donors (Lipinski definition) is 2. The Bertz CT molecular complexity index is 433. The molecule has 3 N–H and O–H groups in total. The Hall–Kier alpha value is -1.36. The second-order valence-corrected chi connectivity index (χ2v) is 4.95. The Balaban J connectivity index is 2.12. The highest BCUT2D eigenvalue weighted by molar-refractivity contribution is 7.80. The Morgan fingerprint density at radius 2 is 2.06 bits per heavy atom. The van der Waals surface area contributed by atoms with Gasteiger partial charge in [-0.2, -0.15) is 0 Å². The van der Waals surface area contributed by atoms with Gasteiger partial charge in [0.15, 0.2) is 5.11 Å². The summed E-state index contributed by atoms with van der Waals surface area (Å²) < 4.78 is 19.1. The van der Waals surface area contributed by atoms with Crippen molar-refractivity contribution in [3.05, 3.63) is 24.0 Å². The highest BCUT2D eigenvalue weighted by Crippen LogP contribution is 2.29. The second-order valence-electron chi connectivity index (χ2n) is 4.51. The zero-order chi connectivity index (χ0) is 13.0. The molecule has 1 aromatic carbocycles. The van der Waals surface area contributed by atoms with E-state index in [0.29, 0.717) is 11.4 Å². The van der Waals surface area contributed by atoms with Crippen LogP contribution >= 0.6 is 12.2 Å². The molecule has 1 aliphatic rings. The van der Waals surface area contributed by atoms with Crippen LogP contribution in [0.15, 0.2) is 18.2 Å². The minimum atomic E-state index is -0.343. The van der Waals surface area contributed by atoms with Crippen LogP contribution in [0.3, 0.4) is 0 Å². The van der Waals surface area contributed by atoms with Gasteiger partial charge in [0.2, 0.25) is 0 Å². The number of halogens is 1. The van der Waals surface area contributed by atoms with Crippen molar-refractivity contribution in [1.82, 2.24) is 0 Å². The van der Waals surface area contributed by atoms with E-state index >= 15 is 0 Å². The van der Waals surface area contributed by atoms with Gasteiger partial charge in [-0.1, -0.05) is 6.42 Å². The lowest BCUT2D eigenvalue weighted by molar-refractivity contribution is 0.156. The molecule has 0 bridgehead atoms. The van der Waals surface area contributed by atoms with E-state index in [0.717, 1.165) is 12.8 Å². The van der Waals surface area contributed by atoms with E-state index in [-0.39, 0.29) is 17.0 Å². The van der Waals surface area contributed by atoms with E-state index in [1.807, 2.05) is 0 Å². The summed E-state index contributed by atoms with van der Waals surface area (Å²) in [7, 11) is 0. The average molecular weight is 268 g/mol. The number of thiocarbonyl (C=S) groups is 1. The zero-order valence-corrected chi connectivity index (χ0v) is 10.9. The van der Waals surface area contributed by atoms with Gasteiger partial charge in [0.05, 0.1) is 11.8 Å². The van der Waals surface area contributed by atoms with Gasteiger partial charge in [0.25, 0.3) is 0 Å². The summed E-state index contributed by atoms with van der Waals surface area (Å²) in [6, 6.07) is 4.34. The average Bonchev–Trinajstić information content (AvgIpc) is 2.33. The molecule has 3 nitrogen and oxygen atoms in total. The molecule has 0 unspecified atom stereocenters. The lowest BCUT2D eigenvalue weighted by Gasteiger charge is -2.24. The normalized spacial score (nSPS) is 16.3. The minimum absolute atomic E-state index is 0.106.